The van der Waals surface area contributed by atoms with Crippen LogP contribution in [0.3, 0.4) is 0 Å². The number of allylic oxidation sites excluding steroid dienone is 4. The highest BCUT2D eigenvalue weighted by Crippen LogP contribution is 2.62. The van der Waals surface area contributed by atoms with Gasteiger partial charge < -0.3 is 9.84 Å². The molecule has 4 aliphatic rings. The Bertz CT molecular complexity index is 1200. The van der Waals surface area contributed by atoms with E-state index in [0.29, 0.717) is 23.3 Å². The average Bonchev–Trinajstić information content (AvgIpc) is 3.08. The molecule has 8 heteroatoms. The molecule has 8 nitrogen and oxygen atoms in total. The SMILES string of the molecule is CC1=C(C)C(=O)[C@@]2(C)[C@@H](c3ccc(OCCO)cc3)C3=CC[C@@H]4C(=O)N(O)C(=O)[C@@H]4[C@@H]3C[C@H]2C1=O. The van der Waals surface area contributed by atoms with Gasteiger partial charge in [0.1, 0.15) is 12.4 Å². The Balaban J connectivity index is 1.67. The number of hydrogen-bond acceptors (Lipinski definition) is 7. The Kier molecular flexibility index (Phi) is 5.56. The molecule has 35 heavy (non-hydrogen) atoms. The third-order valence-electron chi connectivity index (χ3n) is 8.72. The van der Waals surface area contributed by atoms with Gasteiger partial charge in [-0.2, -0.15) is 5.06 Å². The van der Waals surface area contributed by atoms with Crippen LogP contribution in [0.2, 0.25) is 0 Å². The van der Waals surface area contributed by atoms with E-state index in [1.165, 1.54) is 0 Å². The van der Waals surface area contributed by atoms with E-state index in [1.807, 2.05) is 25.1 Å². The highest BCUT2D eigenvalue weighted by molar-refractivity contribution is 6.16. The van der Waals surface area contributed by atoms with Crippen molar-refractivity contribution in [1.29, 1.82) is 0 Å². The number of Topliss-reactive ketones (excluding diaryl/α,β-unsaturated/α-hetero) is 2. The first-order valence-electron chi connectivity index (χ1n) is 12.0. The van der Waals surface area contributed by atoms with Gasteiger partial charge in [-0.05, 0) is 61.4 Å². The molecule has 0 aromatic heterocycles. The Hall–Kier alpha value is -3.10. The summed E-state index contributed by atoms with van der Waals surface area (Å²) in [7, 11) is 0. The second kappa shape index (κ2) is 8.24. The smallest absolute Gasteiger partial charge is 0.257 e. The first kappa shape index (κ1) is 23.6. The minimum atomic E-state index is -1.05. The van der Waals surface area contributed by atoms with E-state index in [9.17, 15) is 24.4 Å². The van der Waals surface area contributed by atoms with Crippen molar-refractivity contribution in [3.8, 4) is 5.75 Å². The zero-order valence-electron chi connectivity index (χ0n) is 20.0. The van der Waals surface area contributed by atoms with Crippen LogP contribution in [0.15, 0.2) is 47.1 Å². The molecule has 6 atom stereocenters. The summed E-state index contributed by atoms with van der Waals surface area (Å²) in [6, 6.07) is 7.24. The van der Waals surface area contributed by atoms with Gasteiger partial charge in [-0.25, -0.2) is 0 Å². The highest BCUT2D eigenvalue weighted by Gasteiger charge is 2.63. The second-order valence-electron chi connectivity index (χ2n) is 10.3. The summed E-state index contributed by atoms with van der Waals surface area (Å²) in [4.78, 5) is 52.9. The normalized spacial score (nSPS) is 34.5. The predicted molar refractivity (Wildman–Crippen MR) is 123 cm³/mol. The molecular formula is C27H29NO7. The monoisotopic (exact) mass is 479 g/mol. The van der Waals surface area contributed by atoms with Crippen molar-refractivity contribution >= 4 is 23.4 Å². The van der Waals surface area contributed by atoms with E-state index in [2.05, 4.69) is 0 Å². The first-order chi connectivity index (χ1) is 16.6. The molecule has 0 unspecified atom stereocenters. The van der Waals surface area contributed by atoms with Crippen LogP contribution in [-0.4, -0.2) is 52.0 Å². The maximum absolute atomic E-state index is 13.8. The summed E-state index contributed by atoms with van der Waals surface area (Å²) in [5.41, 5.74) is 1.55. The minimum absolute atomic E-state index is 0.0794. The fourth-order valence-electron chi connectivity index (χ4n) is 6.86. The van der Waals surface area contributed by atoms with Crippen LogP contribution in [-0.2, 0) is 19.2 Å². The van der Waals surface area contributed by atoms with Crippen molar-refractivity contribution in [3.05, 3.63) is 52.6 Å². The quantitative estimate of drug-likeness (QED) is 0.387. The first-order valence-corrected chi connectivity index (χ1v) is 12.0. The standard InChI is InChI=1S/C27H29NO7/c1-13-14(2)24(31)27(3)20(23(13)30)12-19-17(8-9-18-21(19)26(33)28(34)25(18)32)22(27)15-4-6-16(7-5-15)35-11-10-29/h4-8,18-22,29,34H,9-12H2,1-3H3/t18-,19+,20-,21-,22-,27+/m0/s1. The molecule has 1 aromatic carbocycles. The van der Waals surface area contributed by atoms with Gasteiger partial charge >= 0.3 is 0 Å². The molecule has 1 heterocycles. The number of amides is 2. The summed E-state index contributed by atoms with van der Waals surface area (Å²) in [5.74, 6) is -3.82. The lowest BCUT2D eigenvalue weighted by Crippen LogP contribution is -2.55. The average molecular weight is 480 g/mol. The molecule has 1 saturated carbocycles. The van der Waals surface area contributed by atoms with Crippen LogP contribution in [0, 0.1) is 29.1 Å². The fourth-order valence-corrected chi connectivity index (χ4v) is 6.86. The van der Waals surface area contributed by atoms with Gasteiger partial charge in [0.25, 0.3) is 11.8 Å². The summed E-state index contributed by atoms with van der Waals surface area (Å²) >= 11 is 0. The molecule has 2 fully saturated rings. The molecule has 1 aliphatic heterocycles. The van der Waals surface area contributed by atoms with Gasteiger partial charge in [-0.1, -0.05) is 30.7 Å². The number of aliphatic hydroxyl groups is 1. The third-order valence-corrected chi connectivity index (χ3v) is 8.72. The molecule has 2 amide bonds. The highest BCUT2D eigenvalue weighted by atomic mass is 16.5. The Morgan fingerprint density at radius 1 is 1.03 bits per heavy atom. The van der Waals surface area contributed by atoms with Gasteiger partial charge in [0.2, 0.25) is 0 Å². The van der Waals surface area contributed by atoms with Crippen LogP contribution in [0.25, 0.3) is 0 Å². The van der Waals surface area contributed by atoms with Crippen molar-refractivity contribution < 1.29 is 34.2 Å². The van der Waals surface area contributed by atoms with E-state index in [4.69, 9.17) is 9.84 Å². The van der Waals surface area contributed by atoms with Gasteiger partial charge in [0.15, 0.2) is 11.6 Å². The van der Waals surface area contributed by atoms with E-state index >= 15 is 0 Å². The maximum Gasteiger partial charge on any atom is 0.257 e. The molecular weight excluding hydrogens is 450 g/mol. The Labute approximate surface area is 203 Å². The topological polar surface area (TPSA) is 121 Å². The van der Waals surface area contributed by atoms with Gasteiger partial charge in [0, 0.05) is 11.8 Å². The number of carbonyl (C=O) groups excluding carboxylic acids is 4. The number of fused-ring (bicyclic) bond motifs is 4. The Morgan fingerprint density at radius 2 is 1.71 bits per heavy atom. The summed E-state index contributed by atoms with van der Waals surface area (Å²) in [5, 5.41) is 19.3. The van der Waals surface area contributed by atoms with E-state index in [1.54, 1.807) is 26.0 Å². The molecule has 0 spiro atoms. The maximum atomic E-state index is 13.8. The molecule has 5 rings (SSSR count). The summed E-state index contributed by atoms with van der Waals surface area (Å²) in [6.45, 7) is 5.25. The lowest BCUT2D eigenvalue weighted by Gasteiger charge is -2.54. The summed E-state index contributed by atoms with van der Waals surface area (Å²) < 4.78 is 5.49. The molecule has 184 valence electrons. The largest absolute Gasteiger partial charge is 0.491 e. The second-order valence-corrected chi connectivity index (χ2v) is 10.3. The lowest BCUT2D eigenvalue weighted by molar-refractivity contribution is -0.173. The zero-order chi connectivity index (χ0) is 25.2. The van der Waals surface area contributed by atoms with E-state index < -0.39 is 46.8 Å². The number of ketones is 2. The molecule has 1 aromatic rings. The number of benzene rings is 1. The van der Waals surface area contributed by atoms with Crippen LogP contribution in [0.5, 0.6) is 5.75 Å². The van der Waals surface area contributed by atoms with Crippen LogP contribution >= 0.6 is 0 Å². The molecule has 0 bridgehead atoms. The van der Waals surface area contributed by atoms with Gasteiger partial charge in [-0.15, -0.1) is 0 Å². The van der Waals surface area contributed by atoms with Crippen molar-refractivity contribution in [2.45, 2.75) is 39.5 Å². The van der Waals surface area contributed by atoms with Crippen LogP contribution in [0.1, 0.15) is 45.1 Å². The number of aliphatic hydroxyl groups excluding tert-OH is 1. The summed E-state index contributed by atoms with van der Waals surface area (Å²) in [6.07, 6.45) is 2.51. The van der Waals surface area contributed by atoms with Crippen molar-refractivity contribution in [2.24, 2.45) is 29.1 Å². The van der Waals surface area contributed by atoms with Crippen molar-refractivity contribution in [2.75, 3.05) is 13.2 Å². The van der Waals surface area contributed by atoms with Crippen LogP contribution in [0.4, 0.5) is 0 Å². The zero-order valence-corrected chi connectivity index (χ0v) is 20.0. The van der Waals surface area contributed by atoms with E-state index in [-0.39, 0.29) is 36.3 Å². The molecule has 1 saturated heterocycles. The Morgan fingerprint density at radius 3 is 2.37 bits per heavy atom. The number of nitrogens with zero attached hydrogens (tertiary/aromatic N) is 1. The number of hydroxylamine groups is 2. The fraction of sp³-hybridized carbons (Fsp3) is 0.481. The van der Waals surface area contributed by atoms with Gasteiger partial charge in [0.05, 0.1) is 23.9 Å². The molecule has 3 aliphatic carbocycles. The predicted octanol–water partition coefficient (Wildman–Crippen LogP) is 2.59. The molecule has 0 radical (unpaired) electrons. The third kappa shape index (κ3) is 3.19. The number of imide groups is 1. The number of ether oxygens (including phenoxy) is 1. The molecule has 2 N–H and O–H groups in total. The lowest BCUT2D eigenvalue weighted by atomic mass is 9.46. The minimum Gasteiger partial charge on any atom is -0.491 e. The van der Waals surface area contributed by atoms with Crippen LogP contribution < -0.4 is 4.74 Å². The number of rotatable bonds is 4. The van der Waals surface area contributed by atoms with E-state index in [0.717, 1.165) is 11.1 Å². The van der Waals surface area contributed by atoms with Crippen molar-refractivity contribution in [1.82, 2.24) is 5.06 Å². The number of hydrogen-bond donors (Lipinski definition) is 2. The van der Waals surface area contributed by atoms with Crippen molar-refractivity contribution in [3.63, 3.8) is 0 Å². The van der Waals surface area contributed by atoms with Gasteiger partial charge in [-0.3, -0.25) is 24.4 Å². The number of carbonyl (C=O) groups is 4.